The fourth-order valence-corrected chi connectivity index (χ4v) is 8.88. The molecule has 2 aliphatic rings. The van der Waals surface area contributed by atoms with Crippen molar-refractivity contribution in [1.29, 1.82) is 0 Å². The van der Waals surface area contributed by atoms with Crippen LogP contribution in [0.3, 0.4) is 0 Å². The number of aryl methyl sites for hydroxylation is 2. The average Bonchev–Trinajstić information content (AvgIpc) is 4.10. The lowest BCUT2D eigenvalue weighted by molar-refractivity contribution is 0.263. The molecule has 10 rings (SSSR count). The predicted molar refractivity (Wildman–Crippen MR) is 224 cm³/mol. The molecular formula is C40H34F8N14S2. The number of rotatable bonds is 8. The highest BCUT2D eigenvalue weighted by Crippen LogP contribution is 2.32. The average molecular weight is 927 g/mol. The molecular weight excluding hydrogens is 893 g/mol. The molecule has 0 spiro atoms. The van der Waals surface area contributed by atoms with Crippen LogP contribution in [-0.4, -0.2) is 98.5 Å². The predicted octanol–water partition coefficient (Wildman–Crippen LogP) is 8.00. The van der Waals surface area contributed by atoms with Crippen molar-refractivity contribution in [3.63, 3.8) is 0 Å². The molecule has 0 unspecified atom stereocenters. The zero-order valence-corrected chi connectivity index (χ0v) is 35.2. The van der Waals surface area contributed by atoms with Crippen LogP contribution in [0.15, 0.2) is 60.9 Å². The number of halogens is 8. The molecule has 24 heteroatoms. The van der Waals surface area contributed by atoms with Crippen molar-refractivity contribution in [2.24, 2.45) is 0 Å². The molecule has 2 saturated heterocycles. The van der Waals surface area contributed by atoms with Crippen molar-refractivity contribution < 1.29 is 35.1 Å². The van der Waals surface area contributed by atoms with Crippen LogP contribution in [-0.2, 0) is 0 Å². The first-order chi connectivity index (χ1) is 30.8. The van der Waals surface area contributed by atoms with E-state index in [0.29, 0.717) is 47.8 Å². The topological polar surface area (TPSA) is 142 Å². The summed E-state index contributed by atoms with van der Waals surface area (Å²) < 4.78 is 124. The van der Waals surface area contributed by atoms with Gasteiger partial charge in [-0.25, -0.2) is 54.1 Å². The van der Waals surface area contributed by atoms with E-state index in [0.717, 1.165) is 24.3 Å². The number of piperidine rings is 2. The number of hydrogen-bond acceptors (Lipinski definition) is 14. The van der Waals surface area contributed by atoms with E-state index in [-0.39, 0.29) is 58.5 Å². The summed E-state index contributed by atoms with van der Waals surface area (Å²) in [4.78, 5) is 21.0. The first-order valence-corrected chi connectivity index (χ1v) is 21.3. The minimum atomic E-state index is -1.56. The lowest BCUT2D eigenvalue weighted by atomic mass is 10.0. The second kappa shape index (κ2) is 17.5. The molecule has 0 aliphatic carbocycles. The van der Waals surface area contributed by atoms with Crippen molar-refractivity contribution in [1.82, 2.24) is 47.9 Å². The Labute approximate surface area is 366 Å². The molecule has 2 aliphatic heterocycles. The number of nitrogens with one attached hydrogen (secondary N) is 2. The van der Waals surface area contributed by atoms with Crippen molar-refractivity contribution in [2.45, 2.75) is 51.1 Å². The van der Waals surface area contributed by atoms with Gasteiger partial charge in [0, 0.05) is 70.8 Å². The number of benzene rings is 2. The maximum absolute atomic E-state index is 14.9. The summed E-state index contributed by atoms with van der Waals surface area (Å²) in [6.07, 6.45) is 1.73. The van der Waals surface area contributed by atoms with Crippen LogP contribution in [0.1, 0.15) is 24.5 Å². The van der Waals surface area contributed by atoms with Crippen LogP contribution in [0.25, 0.3) is 33.5 Å². The molecule has 14 nitrogen and oxygen atoms in total. The molecule has 0 saturated carbocycles. The van der Waals surface area contributed by atoms with Gasteiger partial charge in [0.1, 0.15) is 24.0 Å². The summed E-state index contributed by atoms with van der Waals surface area (Å²) in [5, 5.41) is 15.9. The zero-order valence-electron chi connectivity index (χ0n) is 33.5. The molecule has 8 heterocycles. The Balaban J connectivity index is 0.000000162. The molecule has 2 N–H and O–H groups in total. The van der Waals surface area contributed by atoms with Gasteiger partial charge >= 0.3 is 0 Å². The van der Waals surface area contributed by atoms with E-state index in [9.17, 15) is 35.1 Å². The van der Waals surface area contributed by atoms with Crippen molar-refractivity contribution in [3.8, 4) is 22.3 Å². The molecule has 0 amide bonds. The maximum atomic E-state index is 14.9. The first kappa shape index (κ1) is 42.7. The van der Waals surface area contributed by atoms with Gasteiger partial charge in [-0.2, -0.15) is 18.7 Å². The van der Waals surface area contributed by atoms with Crippen LogP contribution in [0, 0.1) is 48.8 Å². The van der Waals surface area contributed by atoms with Crippen LogP contribution in [0.5, 0.6) is 0 Å². The smallest absolute Gasteiger partial charge is 0.243 e. The maximum Gasteiger partial charge on any atom is 0.243 e. The number of pyridine rings is 2. The molecule has 0 radical (unpaired) electrons. The summed E-state index contributed by atoms with van der Waals surface area (Å²) in [6.45, 7) is 5.07. The molecule has 8 aromatic rings. The lowest BCUT2D eigenvalue weighted by Gasteiger charge is -2.34. The van der Waals surface area contributed by atoms with Crippen molar-refractivity contribution in [2.75, 3.05) is 46.6 Å². The molecule has 2 aromatic carbocycles. The van der Waals surface area contributed by atoms with Crippen molar-refractivity contribution in [3.05, 3.63) is 107 Å². The molecule has 64 heavy (non-hydrogen) atoms. The van der Waals surface area contributed by atoms with E-state index in [4.69, 9.17) is 0 Å². The Morgan fingerprint density at radius 2 is 0.969 bits per heavy atom. The van der Waals surface area contributed by atoms with Gasteiger partial charge in [0.2, 0.25) is 22.2 Å². The third-order valence-electron chi connectivity index (χ3n) is 10.7. The summed E-state index contributed by atoms with van der Waals surface area (Å²) in [6, 6.07) is 9.18. The van der Waals surface area contributed by atoms with E-state index in [1.54, 1.807) is 38.4 Å². The van der Waals surface area contributed by atoms with Gasteiger partial charge < -0.3 is 20.4 Å². The second-order valence-corrected chi connectivity index (χ2v) is 16.4. The highest BCUT2D eigenvalue weighted by molar-refractivity contribution is 7.10. The molecule has 6 aromatic heterocycles. The van der Waals surface area contributed by atoms with Gasteiger partial charge in [0.05, 0.1) is 25.2 Å². The number of aromatic nitrogens is 10. The van der Waals surface area contributed by atoms with Crippen LogP contribution in [0.2, 0.25) is 0 Å². The Hall–Kier alpha value is -6.56. The third kappa shape index (κ3) is 8.45. The van der Waals surface area contributed by atoms with Gasteiger partial charge in [0.25, 0.3) is 0 Å². The van der Waals surface area contributed by atoms with E-state index >= 15 is 0 Å². The zero-order chi connectivity index (χ0) is 44.8. The van der Waals surface area contributed by atoms with Crippen molar-refractivity contribution >= 4 is 56.5 Å². The number of nitrogens with zero attached hydrogens (tertiary/aromatic N) is 12. The summed E-state index contributed by atoms with van der Waals surface area (Å²) in [5.74, 6) is -6.64. The van der Waals surface area contributed by atoms with Crippen LogP contribution >= 0.6 is 23.1 Å². The van der Waals surface area contributed by atoms with Gasteiger partial charge in [-0.05, 0) is 75.2 Å². The first-order valence-electron chi connectivity index (χ1n) is 19.7. The molecule has 0 bridgehead atoms. The van der Waals surface area contributed by atoms with E-state index < -0.39 is 59.3 Å². The Bertz CT molecular complexity index is 2780. The largest absolute Gasteiger partial charge is 0.347 e. The SMILES string of the molecule is Cc1nsc(N2CC[C@@H](Nc3nc4c(-c5ccc(F)c(F)c5F)cccn4n3)[C@@H](F)C2)n1.Cc1nsc(N2CC[C@H](Nc3nc4c(-c5ccc(F)c(F)c5F)cccn4n3)[C@H](F)C2)n1. The van der Waals surface area contributed by atoms with Gasteiger partial charge in [-0.15, -0.1) is 10.2 Å². The molecule has 4 atom stereocenters. The van der Waals surface area contributed by atoms with Gasteiger partial charge in [-0.3, -0.25) is 0 Å². The van der Waals surface area contributed by atoms with E-state index in [1.165, 1.54) is 44.2 Å². The highest BCUT2D eigenvalue weighted by Gasteiger charge is 2.33. The lowest BCUT2D eigenvalue weighted by Crippen LogP contribution is -2.48. The summed E-state index contributed by atoms with van der Waals surface area (Å²) in [7, 11) is 0. The Kier molecular flexibility index (Phi) is 11.7. The molecule has 2 fully saturated rings. The normalized spacial score (nSPS) is 19.0. The third-order valence-corrected chi connectivity index (χ3v) is 12.4. The molecule has 332 valence electrons. The minimum absolute atomic E-state index is 0.141. The standard InChI is InChI=1S/2C20H17F4N7S/c2*1-10-25-20(32-29-10)30-8-6-15(14(22)9-30)26-19-27-18-12(3-2-7-31(18)28-19)11-4-5-13(21)17(24)16(11)23/h2*2-5,7,14-15H,6,8-9H2,1H3,(H,26,28)/t2*14-,15+/m10/s1. The number of alkyl halides is 2. The monoisotopic (exact) mass is 926 g/mol. The number of fused-ring (bicyclic) bond motifs is 2. The Morgan fingerprint density at radius 3 is 1.34 bits per heavy atom. The van der Waals surface area contributed by atoms with Gasteiger partial charge in [0.15, 0.2) is 46.2 Å². The fourth-order valence-electron chi connectivity index (χ4n) is 7.47. The summed E-state index contributed by atoms with van der Waals surface area (Å²) >= 11 is 2.48. The highest BCUT2D eigenvalue weighted by atomic mass is 32.1. The van der Waals surface area contributed by atoms with E-state index in [1.807, 2.05) is 9.80 Å². The Morgan fingerprint density at radius 1 is 0.547 bits per heavy atom. The van der Waals surface area contributed by atoms with Crippen LogP contribution in [0.4, 0.5) is 57.3 Å². The van der Waals surface area contributed by atoms with E-state index in [2.05, 4.69) is 49.5 Å². The number of anilines is 4. The van der Waals surface area contributed by atoms with Gasteiger partial charge in [-0.1, -0.05) is 0 Å². The quantitative estimate of drug-likeness (QED) is 0.113. The fraction of sp³-hybridized carbons (Fsp3) is 0.300. The van der Waals surface area contributed by atoms with Crippen LogP contribution < -0.4 is 20.4 Å². The second-order valence-electron chi connectivity index (χ2n) is 14.9. The minimum Gasteiger partial charge on any atom is -0.347 e. The summed E-state index contributed by atoms with van der Waals surface area (Å²) in [5.41, 5.74) is 0.662. The number of hydrogen-bond donors (Lipinski definition) is 2.